The first kappa shape index (κ1) is 21.8. The van der Waals surface area contributed by atoms with Crippen LogP contribution in [-0.4, -0.2) is 23.4 Å². The molecule has 0 N–H and O–H groups in total. The molecule has 28 heavy (non-hydrogen) atoms. The van der Waals surface area contributed by atoms with E-state index in [-0.39, 0.29) is 18.2 Å². The maximum absolute atomic E-state index is 13.1. The topological polar surface area (TPSA) is 53.5 Å². The SMILES string of the molecule is CCCCOc1cc(COc2ccccc2C(F)(F)F)nnc1OCCCC. The predicted molar refractivity (Wildman–Crippen MR) is 98.6 cm³/mol. The summed E-state index contributed by atoms with van der Waals surface area (Å²) in [6, 6.07) is 6.65. The van der Waals surface area contributed by atoms with Crippen molar-refractivity contribution in [3.63, 3.8) is 0 Å². The van der Waals surface area contributed by atoms with E-state index in [1.165, 1.54) is 18.2 Å². The van der Waals surface area contributed by atoms with E-state index in [4.69, 9.17) is 14.2 Å². The fourth-order valence-electron chi connectivity index (χ4n) is 2.29. The van der Waals surface area contributed by atoms with Gasteiger partial charge in [0.15, 0.2) is 5.75 Å². The summed E-state index contributed by atoms with van der Waals surface area (Å²) in [5.41, 5.74) is -0.479. The average Bonchev–Trinajstić information content (AvgIpc) is 2.67. The van der Waals surface area contributed by atoms with Crippen LogP contribution in [0.1, 0.15) is 50.8 Å². The highest BCUT2D eigenvalue weighted by atomic mass is 19.4. The Kier molecular flexibility index (Phi) is 8.35. The molecule has 1 aromatic carbocycles. The van der Waals surface area contributed by atoms with Gasteiger partial charge in [-0.25, -0.2) is 0 Å². The highest BCUT2D eigenvalue weighted by Crippen LogP contribution is 2.36. The molecule has 5 nitrogen and oxygen atoms in total. The van der Waals surface area contributed by atoms with Crippen molar-refractivity contribution in [2.75, 3.05) is 13.2 Å². The van der Waals surface area contributed by atoms with Crippen molar-refractivity contribution < 1.29 is 27.4 Å². The zero-order chi connectivity index (χ0) is 20.4. The second-order valence-electron chi connectivity index (χ2n) is 6.19. The standard InChI is InChI=1S/C20H25F3N2O3/c1-3-5-11-26-18-13-15(24-25-19(18)27-12-6-4-2)14-28-17-10-8-7-9-16(17)20(21,22)23/h7-10,13H,3-6,11-12,14H2,1-2H3. The largest absolute Gasteiger partial charge is 0.488 e. The van der Waals surface area contributed by atoms with Crippen molar-refractivity contribution in [1.29, 1.82) is 0 Å². The van der Waals surface area contributed by atoms with E-state index in [2.05, 4.69) is 10.2 Å². The van der Waals surface area contributed by atoms with Crippen LogP contribution in [0.15, 0.2) is 30.3 Å². The fourth-order valence-corrected chi connectivity index (χ4v) is 2.29. The lowest BCUT2D eigenvalue weighted by atomic mass is 10.2. The first-order valence-corrected chi connectivity index (χ1v) is 9.37. The molecule has 0 saturated heterocycles. The van der Waals surface area contributed by atoms with Gasteiger partial charge < -0.3 is 14.2 Å². The molecule has 1 heterocycles. The summed E-state index contributed by atoms with van der Waals surface area (Å²) in [6.07, 6.45) is -0.816. The Bertz CT molecular complexity index is 739. The van der Waals surface area contributed by atoms with Gasteiger partial charge in [-0.2, -0.15) is 13.2 Å². The van der Waals surface area contributed by atoms with Crippen LogP contribution in [0, 0.1) is 0 Å². The number of hydrogen-bond donors (Lipinski definition) is 0. The average molecular weight is 398 g/mol. The van der Waals surface area contributed by atoms with Crippen LogP contribution in [0.2, 0.25) is 0 Å². The number of hydrogen-bond acceptors (Lipinski definition) is 5. The molecule has 2 aromatic rings. The van der Waals surface area contributed by atoms with E-state index in [9.17, 15) is 13.2 Å². The molecule has 8 heteroatoms. The molecule has 0 aliphatic rings. The third-order valence-electron chi connectivity index (χ3n) is 3.84. The van der Waals surface area contributed by atoms with E-state index >= 15 is 0 Å². The Morgan fingerprint density at radius 1 is 0.857 bits per heavy atom. The minimum Gasteiger partial charge on any atom is -0.488 e. The van der Waals surface area contributed by atoms with E-state index < -0.39 is 11.7 Å². The van der Waals surface area contributed by atoms with Crippen LogP contribution in [0.5, 0.6) is 17.4 Å². The number of rotatable bonds is 11. The molecule has 0 atom stereocenters. The molecule has 0 aliphatic heterocycles. The second-order valence-corrected chi connectivity index (χ2v) is 6.19. The predicted octanol–water partition coefficient (Wildman–Crippen LogP) is 5.43. The minimum atomic E-state index is -4.49. The first-order valence-electron chi connectivity index (χ1n) is 9.37. The van der Waals surface area contributed by atoms with E-state index in [1.807, 2.05) is 13.8 Å². The highest BCUT2D eigenvalue weighted by molar-refractivity contribution is 5.36. The summed E-state index contributed by atoms with van der Waals surface area (Å²) < 4.78 is 55.9. The molecule has 0 radical (unpaired) electrons. The van der Waals surface area contributed by atoms with Gasteiger partial charge in [-0.15, -0.1) is 10.2 Å². The van der Waals surface area contributed by atoms with Gasteiger partial charge in [0.05, 0.1) is 18.8 Å². The lowest BCUT2D eigenvalue weighted by Crippen LogP contribution is -2.10. The van der Waals surface area contributed by atoms with Crippen molar-refractivity contribution in [3.8, 4) is 17.4 Å². The second kappa shape index (κ2) is 10.7. The summed E-state index contributed by atoms with van der Waals surface area (Å²) in [7, 11) is 0. The number of aromatic nitrogens is 2. The van der Waals surface area contributed by atoms with E-state index in [0.717, 1.165) is 31.7 Å². The number of para-hydroxylation sites is 1. The van der Waals surface area contributed by atoms with Crippen molar-refractivity contribution >= 4 is 0 Å². The molecule has 0 bridgehead atoms. The van der Waals surface area contributed by atoms with Crippen molar-refractivity contribution in [2.45, 2.75) is 52.3 Å². The van der Waals surface area contributed by atoms with Crippen molar-refractivity contribution in [2.24, 2.45) is 0 Å². The molecule has 0 aliphatic carbocycles. The normalized spacial score (nSPS) is 11.3. The van der Waals surface area contributed by atoms with Crippen LogP contribution < -0.4 is 14.2 Å². The Hall–Kier alpha value is -2.51. The maximum atomic E-state index is 13.1. The summed E-state index contributed by atoms with van der Waals surface area (Å²) in [6.45, 7) is 4.91. The molecular weight excluding hydrogens is 373 g/mol. The zero-order valence-corrected chi connectivity index (χ0v) is 16.1. The number of unbranched alkanes of at least 4 members (excludes halogenated alkanes) is 2. The number of benzene rings is 1. The first-order chi connectivity index (χ1) is 13.5. The van der Waals surface area contributed by atoms with Gasteiger partial charge in [-0.05, 0) is 25.0 Å². The Balaban J connectivity index is 2.12. The van der Waals surface area contributed by atoms with Gasteiger partial charge in [0, 0.05) is 6.07 Å². The Labute approximate surface area is 162 Å². The maximum Gasteiger partial charge on any atom is 0.419 e. The highest BCUT2D eigenvalue weighted by Gasteiger charge is 2.34. The van der Waals surface area contributed by atoms with Gasteiger partial charge in [0.25, 0.3) is 5.88 Å². The van der Waals surface area contributed by atoms with Crippen LogP contribution in [-0.2, 0) is 12.8 Å². The van der Waals surface area contributed by atoms with Gasteiger partial charge in [-0.1, -0.05) is 38.8 Å². The smallest absolute Gasteiger partial charge is 0.419 e. The number of ether oxygens (including phenoxy) is 3. The lowest BCUT2D eigenvalue weighted by Gasteiger charge is -2.14. The third kappa shape index (κ3) is 6.58. The van der Waals surface area contributed by atoms with Crippen LogP contribution in [0.4, 0.5) is 13.2 Å². The summed E-state index contributed by atoms with van der Waals surface area (Å²) in [5.74, 6) is 0.444. The third-order valence-corrected chi connectivity index (χ3v) is 3.84. The summed E-state index contributed by atoms with van der Waals surface area (Å²) in [5, 5.41) is 8.01. The van der Waals surface area contributed by atoms with Crippen molar-refractivity contribution in [1.82, 2.24) is 10.2 Å². The van der Waals surface area contributed by atoms with Crippen LogP contribution in [0.25, 0.3) is 0 Å². The van der Waals surface area contributed by atoms with Gasteiger partial charge >= 0.3 is 6.18 Å². The Morgan fingerprint density at radius 2 is 1.54 bits per heavy atom. The fraction of sp³-hybridized carbons (Fsp3) is 0.500. The molecular formula is C20H25F3N2O3. The molecule has 154 valence electrons. The molecule has 0 amide bonds. The summed E-state index contributed by atoms with van der Waals surface area (Å²) in [4.78, 5) is 0. The monoisotopic (exact) mass is 398 g/mol. The minimum absolute atomic E-state index is 0.167. The van der Waals surface area contributed by atoms with Gasteiger partial charge in [0.2, 0.25) is 0 Å². The molecule has 0 spiro atoms. The number of alkyl halides is 3. The molecule has 0 fully saturated rings. The number of nitrogens with zero attached hydrogens (tertiary/aromatic N) is 2. The van der Waals surface area contributed by atoms with Crippen LogP contribution >= 0.6 is 0 Å². The zero-order valence-electron chi connectivity index (χ0n) is 16.1. The van der Waals surface area contributed by atoms with Crippen LogP contribution in [0.3, 0.4) is 0 Å². The van der Waals surface area contributed by atoms with Gasteiger partial charge in [-0.3, -0.25) is 0 Å². The lowest BCUT2D eigenvalue weighted by molar-refractivity contribution is -0.139. The molecule has 2 rings (SSSR count). The molecule has 0 saturated carbocycles. The van der Waals surface area contributed by atoms with E-state index in [1.54, 1.807) is 6.07 Å². The van der Waals surface area contributed by atoms with Crippen molar-refractivity contribution in [3.05, 3.63) is 41.6 Å². The summed E-state index contributed by atoms with van der Waals surface area (Å²) >= 11 is 0. The van der Waals surface area contributed by atoms with E-state index in [0.29, 0.717) is 24.7 Å². The quantitative estimate of drug-likeness (QED) is 0.472. The number of halogens is 3. The molecule has 1 aromatic heterocycles. The van der Waals surface area contributed by atoms with Gasteiger partial charge in [0.1, 0.15) is 18.1 Å². The molecule has 0 unspecified atom stereocenters. The Morgan fingerprint density at radius 3 is 2.21 bits per heavy atom.